The van der Waals surface area contributed by atoms with Crippen LogP contribution in [-0.4, -0.2) is 28.2 Å². The van der Waals surface area contributed by atoms with Crippen LogP contribution in [0.15, 0.2) is 0 Å². The molecule has 0 aliphatic carbocycles. The lowest BCUT2D eigenvalue weighted by atomic mass is 9.96. The Kier molecular flexibility index (Phi) is 3.24. The molecule has 13 heavy (non-hydrogen) atoms. The van der Waals surface area contributed by atoms with Gasteiger partial charge in [-0.2, -0.15) is 0 Å². The maximum atomic E-state index is 10.8. The van der Waals surface area contributed by atoms with Crippen LogP contribution in [0.4, 0.5) is 0 Å². The molecule has 0 bridgehead atoms. The molecule has 2 atom stereocenters. The van der Waals surface area contributed by atoms with Gasteiger partial charge in [-0.05, 0) is 18.4 Å². The summed E-state index contributed by atoms with van der Waals surface area (Å²) in [5.74, 6) is -0.680. The fourth-order valence-corrected chi connectivity index (χ4v) is 2.64. The Morgan fingerprint density at radius 3 is 2.62 bits per heavy atom. The number of carboxylic acid groups (broad SMARTS) is 1. The minimum atomic E-state index is -0.680. The first kappa shape index (κ1) is 10.9. The molecule has 0 aromatic rings. The molecule has 0 radical (unpaired) electrons. The van der Waals surface area contributed by atoms with E-state index in [9.17, 15) is 4.79 Å². The maximum Gasteiger partial charge on any atom is 0.316 e. The fraction of sp³-hybridized carbons (Fsp3) is 0.889. The van der Waals surface area contributed by atoms with Gasteiger partial charge in [0.1, 0.15) is 5.25 Å². The lowest BCUT2D eigenvalue weighted by Gasteiger charge is -2.36. The molecule has 1 rings (SSSR count). The topological polar surface area (TPSA) is 49.3 Å². The van der Waals surface area contributed by atoms with E-state index >= 15 is 0 Å². The van der Waals surface area contributed by atoms with Crippen molar-refractivity contribution in [2.75, 3.05) is 6.54 Å². The van der Waals surface area contributed by atoms with E-state index in [-0.39, 0.29) is 16.0 Å². The van der Waals surface area contributed by atoms with Gasteiger partial charge < -0.3 is 10.4 Å². The quantitative estimate of drug-likeness (QED) is 0.678. The molecule has 1 fully saturated rings. The van der Waals surface area contributed by atoms with Gasteiger partial charge in [0.05, 0.1) is 5.37 Å². The Morgan fingerprint density at radius 2 is 2.15 bits per heavy atom. The molecule has 0 aromatic heterocycles. The summed E-state index contributed by atoms with van der Waals surface area (Å²) in [5, 5.41) is 12.2. The number of carbonyl (C=O) groups is 1. The van der Waals surface area contributed by atoms with Crippen molar-refractivity contribution in [2.24, 2.45) is 5.41 Å². The third-order valence-electron chi connectivity index (χ3n) is 2.10. The molecule has 0 aromatic carbocycles. The van der Waals surface area contributed by atoms with Crippen molar-refractivity contribution in [1.29, 1.82) is 0 Å². The van der Waals surface area contributed by atoms with E-state index in [0.717, 1.165) is 13.0 Å². The van der Waals surface area contributed by atoms with Crippen LogP contribution in [0.25, 0.3) is 0 Å². The zero-order valence-electron chi connectivity index (χ0n) is 8.33. The van der Waals surface area contributed by atoms with Crippen LogP contribution in [0.1, 0.15) is 27.2 Å². The zero-order chi connectivity index (χ0) is 10.1. The summed E-state index contributed by atoms with van der Waals surface area (Å²) in [5.41, 5.74) is 0.124. The predicted octanol–water partition coefficient (Wildman–Crippen LogP) is 1.54. The van der Waals surface area contributed by atoms with Gasteiger partial charge in [-0.15, -0.1) is 11.8 Å². The highest BCUT2D eigenvalue weighted by molar-refractivity contribution is 8.01. The standard InChI is InChI=1S/C9H17NO2S/c1-9(2,3)8-10-5-4-6(13-8)7(11)12/h6,8,10H,4-5H2,1-3H3,(H,11,12). The molecule has 1 saturated heterocycles. The van der Waals surface area contributed by atoms with Crippen LogP contribution in [0, 0.1) is 5.41 Å². The van der Waals surface area contributed by atoms with Crippen LogP contribution >= 0.6 is 11.8 Å². The highest BCUT2D eigenvalue weighted by Crippen LogP contribution is 2.34. The molecule has 0 amide bonds. The number of aliphatic carboxylic acids is 1. The summed E-state index contributed by atoms with van der Waals surface area (Å²) in [6, 6.07) is 0. The second-order valence-corrected chi connectivity index (χ2v) is 5.76. The lowest BCUT2D eigenvalue weighted by molar-refractivity contribution is -0.136. The first-order valence-corrected chi connectivity index (χ1v) is 5.47. The molecule has 1 heterocycles. The number of nitrogens with one attached hydrogen (secondary N) is 1. The summed E-state index contributed by atoms with van der Waals surface area (Å²) in [7, 11) is 0. The molecule has 3 nitrogen and oxygen atoms in total. The van der Waals surface area contributed by atoms with Gasteiger partial charge >= 0.3 is 5.97 Å². The molecule has 0 saturated carbocycles. The summed E-state index contributed by atoms with van der Waals surface area (Å²) in [4.78, 5) is 10.8. The molecule has 1 aliphatic rings. The van der Waals surface area contributed by atoms with Crippen LogP contribution in [-0.2, 0) is 4.79 Å². The lowest BCUT2D eigenvalue weighted by Crippen LogP contribution is -2.45. The molecule has 76 valence electrons. The molecular weight excluding hydrogens is 186 g/mol. The van der Waals surface area contributed by atoms with Crippen LogP contribution in [0.3, 0.4) is 0 Å². The van der Waals surface area contributed by atoms with Gasteiger partial charge in [0.25, 0.3) is 0 Å². The van der Waals surface area contributed by atoms with Crippen LogP contribution in [0.2, 0.25) is 0 Å². The maximum absolute atomic E-state index is 10.8. The van der Waals surface area contributed by atoms with Crippen molar-refractivity contribution in [3.05, 3.63) is 0 Å². The Labute approximate surface area is 83.3 Å². The molecule has 0 spiro atoms. The largest absolute Gasteiger partial charge is 0.480 e. The molecule has 4 heteroatoms. The zero-order valence-corrected chi connectivity index (χ0v) is 9.15. The fourth-order valence-electron chi connectivity index (χ4n) is 1.32. The number of rotatable bonds is 1. The Bertz CT molecular complexity index is 200. The van der Waals surface area contributed by atoms with Crippen molar-refractivity contribution in [1.82, 2.24) is 5.32 Å². The number of carboxylic acids is 1. The van der Waals surface area contributed by atoms with Crippen LogP contribution in [0.5, 0.6) is 0 Å². The third kappa shape index (κ3) is 2.88. The minimum Gasteiger partial charge on any atom is -0.480 e. The Balaban J connectivity index is 2.57. The van der Waals surface area contributed by atoms with Crippen LogP contribution < -0.4 is 5.32 Å². The van der Waals surface area contributed by atoms with E-state index in [1.807, 2.05) is 0 Å². The summed E-state index contributed by atoms with van der Waals surface area (Å²) < 4.78 is 0. The first-order chi connectivity index (χ1) is 5.91. The van der Waals surface area contributed by atoms with Gasteiger partial charge in [-0.1, -0.05) is 20.8 Å². The van der Waals surface area contributed by atoms with E-state index in [2.05, 4.69) is 26.1 Å². The van der Waals surface area contributed by atoms with Gasteiger partial charge in [0.2, 0.25) is 0 Å². The highest BCUT2D eigenvalue weighted by Gasteiger charge is 2.33. The summed E-state index contributed by atoms with van der Waals surface area (Å²) in [6.45, 7) is 7.19. The monoisotopic (exact) mass is 203 g/mol. The van der Waals surface area contributed by atoms with E-state index in [1.54, 1.807) is 0 Å². The van der Waals surface area contributed by atoms with Gasteiger partial charge in [0.15, 0.2) is 0 Å². The Hall–Kier alpha value is -0.220. The molecular formula is C9H17NO2S. The van der Waals surface area contributed by atoms with Crippen molar-refractivity contribution < 1.29 is 9.90 Å². The third-order valence-corrected chi connectivity index (χ3v) is 4.01. The van der Waals surface area contributed by atoms with Gasteiger partial charge in [-0.25, -0.2) is 0 Å². The average Bonchev–Trinajstić information content (AvgIpc) is 2.03. The van der Waals surface area contributed by atoms with Crippen molar-refractivity contribution in [2.45, 2.75) is 37.8 Å². The Morgan fingerprint density at radius 1 is 1.54 bits per heavy atom. The number of hydrogen-bond acceptors (Lipinski definition) is 3. The first-order valence-electron chi connectivity index (χ1n) is 4.53. The van der Waals surface area contributed by atoms with Gasteiger partial charge in [-0.3, -0.25) is 4.79 Å². The smallest absolute Gasteiger partial charge is 0.316 e. The van der Waals surface area contributed by atoms with Gasteiger partial charge in [0, 0.05) is 0 Å². The number of thioether (sulfide) groups is 1. The predicted molar refractivity (Wildman–Crippen MR) is 54.9 cm³/mol. The van der Waals surface area contributed by atoms with E-state index in [4.69, 9.17) is 5.11 Å². The van der Waals surface area contributed by atoms with Crippen molar-refractivity contribution in [3.63, 3.8) is 0 Å². The summed E-state index contributed by atoms with van der Waals surface area (Å²) >= 11 is 1.54. The average molecular weight is 203 g/mol. The normalized spacial score (nSPS) is 30.1. The van der Waals surface area contributed by atoms with E-state index < -0.39 is 5.97 Å². The second-order valence-electron chi connectivity index (χ2n) is 4.45. The van der Waals surface area contributed by atoms with Crippen molar-refractivity contribution >= 4 is 17.7 Å². The molecule has 1 aliphatic heterocycles. The van der Waals surface area contributed by atoms with Crippen molar-refractivity contribution in [3.8, 4) is 0 Å². The minimum absolute atomic E-state index is 0.124. The molecule has 2 N–H and O–H groups in total. The highest BCUT2D eigenvalue weighted by atomic mass is 32.2. The second kappa shape index (κ2) is 3.88. The van der Waals surface area contributed by atoms with E-state index in [1.165, 1.54) is 11.8 Å². The summed E-state index contributed by atoms with van der Waals surface area (Å²) in [6.07, 6.45) is 0.729. The number of hydrogen-bond donors (Lipinski definition) is 2. The molecule has 2 unspecified atom stereocenters. The van der Waals surface area contributed by atoms with E-state index in [0.29, 0.717) is 0 Å². The SMILES string of the molecule is CC(C)(C)C1NCCC(C(=O)O)S1.